The van der Waals surface area contributed by atoms with Gasteiger partial charge in [-0.3, -0.25) is 4.79 Å². The van der Waals surface area contributed by atoms with Gasteiger partial charge in [0.15, 0.2) is 9.84 Å². The number of nitrogens with two attached hydrogens (primary N) is 1. The number of sulfone groups is 1. The van der Waals surface area contributed by atoms with E-state index in [1.54, 1.807) is 30.3 Å². The van der Waals surface area contributed by atoms with Crippen LogP contribution in [0.15, 0.2) is 30.3 Å². The smallest absolute Gasteiger partial charge is 0.325 e. The van der Waals surface area contributed by atoms with Gasteiger partial charge >= 0.3 is 5.97 Å². The van der Waals surface area contributed by atoms with E-state index in [2.05, 4.69) is 0 Å². The minimum absolute atomic E-state index is 0.646. The molecule has 17 heavy (non-hydrogen) atoms. The number of carboxylic acid groups (broad SMARTS) is 1. The molecule has 1 aliphatic rings. The van der Waals surface area contributed by atoms with Crippen LogP contribution in [-0.2, 0) is 14.6 Å². The molecular weight excluding hydrogens is 242 g/mol. The molecule has 1 aromatic rings. The van der Waals surface area contributed by atoms with Crippen LogP contribution < -0.4 is 5.73 Å². The summed E-state index contributed by atoms with van der Waals surface area (Å²) in [5, 5.41) is 8.04. The molecule has 1 fully saturated rings. The summed E-state index contributed by atoms with van der Waals surface area (Å²) in [6, 6.07) is 8.63. The van der Waals surface area contributed by atoms with E-state index in [0.717, 1.165) is 6.26 Å². The van der Waals surface area contributed by atoms with Crippen LogP contribution in [0.2, 0.25) is 0 Å². The van der Waals surface area contributed by atoms with Crippen molar-refractivity contribution in [3.63, 3.8) is 0 Å². The van der Waals surface area contributed by atoms with Crippen LogP contribution in [0.25, 0.3) is 0 Å². The molecule has 2 rings (SSSR count). The number of hydrogen-bond donors (Lipinski definition) is 2. The Balaban J connectivity index is 2.46. The summed E-state index contributed by atoms with van der Waals surface area (Å²) in [5.41, 5.74) is 4.66. The summed E-state index contributed by atoms with van der Waals surface area (Å²) >= 11 is 0. The van der Waals surface area contributed by atoms with Crippen molar-refractivity contribution >= 4 is 15.8 Å². The molecular formula is C11H13NO4S. The summed E-state index contributed by atoms with van der Waals surface area (Å²) in [6.45, 7) is 0. The van der Waals surface area contributed by atoms with E-state index in [0.29, 0.717) is 5.56 Å². The molecule has 0 amide bonds. The Morgan fingerprint density at radius 3 is 2.24 bits per heavy atom. The van der Waals surface area contributed by atoms with Crippen molar-refractivity contribution in [3.05, 3.63) is 35.9 Å². The average Bonchev–Trinajstić information content (AvgIpc) is 2.88. The molecule has 0 saturated heterocycles. The molecule has 0 radical (unpaired) electrons. The third kappa shape index (κ3) is 1.73. The van der Waals surface area contributed by atoms with Crippen LogP contribution in [0, 0.1) is 0 Å². The summed E-state index contributed by atoms with van der Waals surface area (Å²) in [5.74, 6) is -1.95. The summed E-state index contributed by atoms with van der Waals surface area (Å²) in [4.78, 5) is 11.1. The van der Waals surface area contributed by atoms with Crippen molar-refractivity contribution < 1.29 is 18.3 Å². The molecule has 3 N–H and O–H groups in total. The predicted molar refractivity (Wildman–Crippen MR) is 62.4 cm³/mol. The second kappa shape index (κ2) is 3.54. The first-order valence-electron chi connectivity index (χ1n) is 5.05. The zero-order valence-electron chi connectivity index (χ0n) is 9.20. The first-order valence-corrected chi connectivity index (χ1v) is 7.01. The number of carbonyl (C=O) groups is 1. The minimum atomic E-state index is -3.49. The minimum Gasteiger partial charge on any atom is -0.480 e. The fourth-order valence-electron chi connectivity index (χ4n) is 2.34. The standard InChI is InChI=1S/C11H13NO4S/c1-17(15,16)9-8(11(9,12)10(13)14)7-5-3-2-4-6-7/h2-6,8-9H,12H2,1H3,(H,13,14)/t8-,9+,11-/m0/s1. The molecule has 0 aliphatic heterocycles. The highest BCUT2D eigenvalue weighted by Crippen LogP contribution is 2.53. The largest absolute Gasteiger partial charge is 0.480 e. The van der Waals surface area contributed by atoms with Gasteiger partial charge < -0.3 is 10.8 Å². The maximum Gasteiger partial charge on any atom is 0.325 e. The number of carboxylic acids is 1. The van der Waals surface area contributed by atoms with Gasteiger partial charge in [0, 0.05) is 12.2 Å². The Morgan fingerprint density at radius 1 is 1.35 bits per heavy atom. The van der Waals surface area contributed by atoms with E-state index in [4.69, 9.17) is 10.8 Å². The second-order valence-corrected chi connectivity index (χ2v) is 6.54. The molecule has 0 heterocycles. The summed E-state index contributed by atoms with van der Waals surface area (Å²) in [6.07, 6.45) is 1.02. The quantitative estimate of drug-likeness (QED) is 0.791. The van der Waals surface area contributed by atoms with Crippen molar-refractivity contribution in [1.29, 1.82) is 0 Å². The third-order valence-corrected chi connectivity index (χ3v) is 4.75. The van der Waals surface area contributed by atoms with E-state index < -0.39 is 32.5 Å². The molecule has 0 bridgehead atoms. The number of benzene rings is 1. The van der Waals surface area contributed by atoms with Crippen LogP contribution in [-0.4, -0.2) is 36.5 Å². The number of rotatable bonds is 3. The topological polar surface area (TPSA) is 97.5 Å². The lowest BCUT2D eigenvalue weighted by Gasteiger charge is -2.04. The normalized spacial score (nSPS) is 32.1. The Labute approximate surface area is 99.2 Å². The fraction of sp³-hybridized carbons (Fsp3) is 0.364. The van der Waals surface area contributed by atoms with Crippen LogP contribution in [0.1, 0.15) is 11.5 Å². The Bertz CT molecular complexity index is 554. The number of aliphatic carboxylic acids is 1. The van der Waals surface area contributed by atoms with Gasteiger partial charge in [0.25, 0.3) is 0 Å². The zero-order valence-corrected chi connectivity index (χ0v) is 10.0. The summed E-state index contributed by atoms with van der Waals surface area (Å²) < 4.78 is 23.1. The van der Waals surface area contributed by atoms with Gasteiger partial charge in [0.1, 0.15) is 5.54 Å². The Morgan fingerprint density at radius 2 is 1.88 bits per heavy atom. The highest BCUT2D eigenvalue weighted by Gasteiger charge is 2.73. The monoisotopic (exact) mass is 255 g/mol. The van der Waals surface area contributed by atoms with Gasteiger partial charge in [-0.1, -0.05) is 30.3 Å². The van der Waals surface area contributed by atoms with Gasteiger partial charge in [0.2, 0.25) is 0 Å². The van der Waals surface area contributed by atoms with Crippen molar-refractivity contribution in [2.75, 3.05) is 6.26 Å². The molecule has 1 aliphatic carbocycles. The van der Waals surface area contributed by atoms with Gasteiger partial charge in [0.05, 0.1) is 5.25 Å². The van der Waals surface area contributed by atoms with Crippen molar-refractivity contribution in [2.45, 2.75) is 16.7 Å². The van der Waals surface area contributed by atoms with Crippen LogP contribution in [0.5, 0.6) is 0 Å². The molecule has 3 atom stereocenters. The van der Waals surface area contributed by atoms with E-state index in [-0.39, 0.29) is 0 Å². The highest BCUT2D eigenvalue weighted by atomic mass is 32.2. The SMILES string of the molecule is CS(=O)(=O)[C@@H]1[C@H](c2ccccc2)[C@@]1(N)C(=O)O. The lowest BCUT2D eigenvalue weighted by atomic mass is 10.1. The van der Waals surface area contributed by atoms with Crippen LogP contribution in [0.3, 0.4) is 0 Å². The predicted octanol–water partition coefficient (Wildman–Crippen LogP) is -0.0209. The van der Waals surface area contributed by atoms with E-state index >= 15 is 0 Å². The van der Waals surface area contributed by atoms with Crippen molar-refractivity contribution in [1.82, 2.24) is 0 Å². The van der Waals surface area contributed by atoms with E-state index in [1.165, 1.54) is 0 Å². The fourth-order valence-corrected chi connectivity index (χ4v) is 4.10. The molecule has 92 valence electrons. The van der Waals surface area contributed by atoms with Gasteiger partial charge in [-0.05, 0) is 5.56 Å². The van der Waals surface area contributed by atoms with Gasteiger partial charge in [-0.15, -0.1) is 0 Å². The van der Waals surface area contributed by atoms with Crippen molar-refractivity contribution in [3.8, 4) is 0 Å². The molecule has 0 aromatic heterocycles. The Hall–Kier alpha value is -1.40. The number of hydrogen-bond acceptors (Lipinski definition) is 4. The highest BCUT2D eigenvalue weighted by molar-refractivity contribution is 7.91. The maximum atomic E-state index is 11.6. The van der Waals surface area contributed by atoms with E-state index in [9.17, 15) is 13.2 Å². The lowest BCUT2D eigenvalue weighted by molar-refractivity contribution is -0.139. The first-order chi connectivity index (χ1) is 7.79. The molecule has 1 saturated carbocycles. The summed E-state index contributed by atoms with van der Waals surface area (Å²) in [7, 11) is -3.49. The average molecular weight is 255 g/mol. The Kier molecular flexibility index (Phi) is 2.52. The van der Waals surface area contributed by atoms with E-state index in [1.807, 2.05) is 0 Å². The zero-order chi connectivity index (χ0) is 12.8. The molecule has 6 heteroatoms. The van der Waals surface area contributed by atoms with Gasteiger partial charge in [-0.2, -0.15) is 0 Å². The third-order valence-electron chi connectivity index (χ3n) is 3.17. The van der Waals surface area contributed by atoms with Crippen LogP contribution in [0.4, 0.5) is 0 Å². The molecule has 0 unspecified atom stereocenters. The van der Waals surface area contributed by atoms with Gasteiger partial charge in [-0.25, -0.2) is 8.42 Å². The maximum absolute atomic E-state index is 11.6. The molecule has 5 nitrogen and oxygen atoms in total. The molecule has 1 aromatic carbocycles. The second-order valence-electron chi connectivity index (χ2n) is 4.38. The van der Waals surface area contributed by atoms with Crippen LogP contribution >= 0.6 is 0 Å². The molecule has 0 spiro atoms. The first kappa shape index (κ1) is 12.1. The van der Waals surface area contributed by atoms with Crippen molar-refractivity contribution in [2.24, 2.45) is 5.73 Å². The lowest BCUT2D eigenvalue weighted by Crippen LogP contribution is -2.39.